The minimum absolute atomic E-state index is 0. The molecule has 1 amide bonds. The van der Waals surface area contributed by atoms with E-state index in [1.165, 1.54) is 0 Å². The first-order valence-corrected chi connectivity index (χ1v) is 9.05. The normalized spacial score (nSPS) is 12.3. The third-order valence-electron chi connectivity index (χ3n) is 3.63. The van der Waals surface area contributed by atoms with Crippen LogP contribution in [0.1, 0.15) is 34.1 Å². The number of amides is 1. The summed E-state index contributed by atoms with van der Waals surface area (Å²) >= 11 is 0. The van der Waals surface area contributed by atoms with Gasteiger partial charge in [0.05, 0.1) is 6.10 Å². The van der Waals surface area contributed by atoms with Crippen molar-refractivity contribution in [3.05, 3.63) is 30.3 Å². The summed E-state index contributed by atoms with van der Waals surface area (Å²) in [5.74, 6) is 0.973. The van der Waals surface area contributed by atoms with Crippen LogP contribution in [-0.2, 0) is 9.53 Å². The summed E-state index contributed by atoms with van der Waals surface area (Å²) in [6, 6.07) is 9.38. The lowest BCUT2D eigenvalue weighted by Crippen LogP contribution is -2.40. The predicted octanol–water partition coefficient (Wildman–Crippen LogP) is 3.25. The first kappa shape index (κ1) is 24.7. The second-order valence-electron chi connectivity index (χ2n) is 6.06. The number of nitrogens with one attached hydrogen (secondary N) is 3. The Morgan fingerprint density at radius 1 is 1.15 bits per heavy atom. The fourth-order valence-electron chi connectivity index (χ4n) is 2.37. The number of aliphatic imine (C=N–C) groups is 1. The van der Waals surface area contributed by atoms with Gasteiger partial charge in [0, 0.05) is 25.4 Å². The molecule has 0 aliphatic rings. The Morgan fingerprint density at radius 2 is 1.85 bits per heavy atom. The second kappa shape index (κ2) is 14.8. The SMILES string of the molecule is CCNC(=NCC(=O)Nc1ccccc1)NCCC(OCC)C(C)C.I. The van der Waals surface area contributed by atoms with Crippen LogP contribution in [0, 0.1) is 5.92 Å². The lowest BCUT2D eigenvalue weighted by atomic mass is 10.0. The van der Waals surface area contributed by atoms with Crippen LogP contribution in [0.15, 0.2) is 35.3 Å². The molecular formula is C19H33IN4O2. The van der Waals surface area contributed by atoms with Crippen molar-refractivity contribution in [2.24, 2.45) is 10.9 Å². The molecule has 6 nitrogen and oxygen atoms in total. The van der Waals surface area contributed by atoms with Crippen LogP contribution in [0.25, 0.3) is 0 Å². The number of anilines is 1. The number of rotatable bonds is 10. The van der Waals surface area contributed by atoms with Gasteiger partial charge in [-0.2, -0.15) is 0 Å². The van der Waals surface area contributed by atoms with Gasteiger partial charge >= 0.3 is 0 Å². The van der Waals surface area contributed by atoms with Crippen molar-refractivity contribution in [3.8, 4) is 0 Å². The van der Waals surface area contributed by atoms with Gasteiger partial charge in [-0.1, -0.05) is 32.0 Å². The maximum absolute atomic E-state index is 12.0. The molecule has 0 fully saturated rings. The molecule has 0 saturated heterocycles. The number of hydrogen-bond acceptors (Lipinski definition) is 3. The highest BCUT2D eigenvalue weighted by molar-refractivity contribution is 14.0. The molecule has 1 unspecified atom stereocenters. The quantitative estimate of drug-likeness (QED) is 0.276. The molecule has 0 saturated carbocycles. The van der Waals surface area contributed by atoms with E-state index in [9.17, 15) is 4.79 Å². The minimum atomic E-state index is -0.141. The summed E-state index contributed by atoms with van der Waals surface area (Å²) in [5, 5.41) is 9.24. The zero-order valence-electron chi connectivity index (χ0n) is 16.2. The van der Waals surface area contributed by atoms with Gasteiger partial charge < -0.3 is 20.7 Å². The zero-order valence-corrected chi connectivity index (χ0v) is 18.6. The summed E-state index contributed by atoms with van der Waals surface area (Å²) in [4.78, 5) is 16.3. The maximum atomic E-state index is 12.0. The molecule has 0 aliphatic heterocycles. The number of guanidine groups is 1. The highest BCUT2D eigenvalue weighted by Crippen LogP contribution is 2.09. The predicted molar refractivity (Wildman–Crippen MR) is 119 cm³/mol. The Hall–Kier alpha value is -1.35. The van der Waals surface area contributed by atoms with Crippen molar-refractivity contribution < 1.29 is 9.53 Å². The van der Waals surface area contributed by atoms with Gasteiger partial charge in [-0.3, -0.25) is 4.79 Å². The molecule has 0 radical (unpaired) electrons. The average molecular weight is 476 g/mol. The molecular weight excluding hydrogens is 443 g/mol. The molecule has 1 aromatic carbocycles. The highest BCUT2D eigenvalue weighted by Gasteiger charge is 2.13. The van der Waals surface area contributed by atoms with Gasteiger partial charge in [-0.15, -0.1) is 24.0 Å². The number of benzene rings is 1. The van der Waals surface area contributed by atoms with E-state index >= 15 is 0 Å². The topological polar surface area (TPSA) is 74.8 Å². The number of hydrogen-bond donors (Lipinski definition) is 3. The number of ether oxygens (including phenoxy) is 1. The molecule has 0 aromatic heterocycles. The smallest absolute Gasteiger partial charge is 0.246 e. The van der Waals surface area contributed by atoms with Crippen LogP contribution in [0.5, 0.6) is 0 Å². The standard InChI is InChI=1S/C19H32N4O2.HI/c1-5-20-19(21-13-12-17(15(3)4)25-6-2)22-14-18(24)23-16-10-8-7-9-11-16;/h7-11,15,17H,5-6,12-14H2,1-4H3,(H,23,24)(H2,20,21,22);1H. The lowest BCUT2D eigenvalue weighted by molar-refractivity contribution is -0.114. The van der Waals surface area contributed by atoms with Crippen molar-refractivity contribution in [2.45, 2.75) is 40.2 Å². The van der Waals surface area contributed by atoms with Crippen LogP contribution in [0.4, 0.5) is 5.69 Å². The molecule has 0 bridgehead atoms. The Bertz CT molecular complexity index is 524. The highest BCUT2D eigenvalue weighted by atomic mass is 127. The van der Waals surface area contributed by atoms with E-state index in [1.807, 2.05) is 44.2 Å². The first-order valence-electron chi connectivity index (χ1n) is 9.05. The average Bonchev–Trinajstić information content (AvgIpc) is 2.59. The summed E-state index contributed by atoms with van der Waals surface area (Å²) < 4.78 is 5.75. The van der Waals surface area contributed by atoms with Crippen molar-refractivity contribution in [2.75, 3.05) is 31.6 Å². The van der Waals surface area contributed by atoms with Gasteiger partial charge in [0.15, 0.2) is 5.96 Å². The Morgan fingerprint density at radius 3 is 2.42 bits per heavy atom. The fourth-order valence-corrected chi connectivity index (χ4v) is 2.37. The number of nitrogens with zero attached hydrogens (tertiary/aromatic N) is 1. The van der Waals surface area contributed by atoms with Gasteiger partial charge in [0.2, 0.25) is 5.91 Å². The third kappa shape index (κ3) is 10.6. The van der Waals surface area contributed by atoms with E-state index in [1.54, 1.807) is 0 Å². The van der Waals surface area contributed by atoms with Crippen molar-refractivity contribution in [1.29, 1.82) is 0 Å². The first-order chi connectivity index (χ1) is 12.1. The Kier molecular flexibility index (Phi) is 14.0. The minimum Gasteiger partial charge on any atom is -0.378 e. The summed E-state index contributed by atoms with van der Waals surface area (Å²) in [6.07, 6.45) is 1.12. The number of halogens is 1. The van der Waals surface area contributed by atoms with E-state index in [0.29, 0.717) is 11.9 Å². The Labute approximate surface area is 174 Å². The second-order valence-corrected chi connectivity index (χ2v) is 6.06. The monoisotopic (exact) mass is 476 g/mol. The van der Waals surface area contributed by atoms with Gasteiger partial charge in [0.25, 0.3) is 0 Å². The molecule has 3 N–H and O–H groups in total. The van der Waals surface area contributed by atoms with E-state index < -0.39 is 0 Å². The summed E-state index contributed by atoms with van der Waals surface area (Å²) in [5.41, 5.74) is 0.775. The third-order valence-corrected chi connectivity index (χ3v) is 3.63. The van der Waals surface area contributed by atoms with Crippen LogP contribution in [0.3, 0.4) is 0 Å². The molecule has 26 heavy (non-hydrogen) atoms. The molecule has 1 atom stereocenters. The molecule has 7 heteroatoms. The molecule has 1 aromatic rings. The summed E-state index contributed by atoms with van der Waals surface area (Å²) in [7, 11) is 0. The van der Waals surface area contributed by atoms with Crippen LogP contribution < -0.4 is 16.0 Å². The summed E-state index contributed by atoms with van der Waals surface area (Å²) in [6.45, 7) is 10.6. The molecule has 0 heterocycles. The van der Waals surface area contributed by atoms with Crippen LogP contribution in [-0.4, -0.2) is 44.2 Å². The van der Waals surface area contributed by atoms with Crippen LogP contribution in [0.2, 0.25) is 0 Å². The zero-order chi connectivity index (χ0) is 18.5. The fraction of sp³-hybridized carbons (Fsp3) is 0.579. The molecule has 0 aliphatic carbocycles. The van der Waals surface area contributed by atoms with Gasteiger partial charge in [-0.25, -0.2) is 4.99 Å². The number of carbonyl (C=O) groups is 1. The molecule has 148 valence electrons. The van der Waals surface area contributed by atoms with Crippen molar-refractivity contribution in [3.63, 3.8) is 0 Å². The largest absolute Gasteiger partial charge is 0.378 e. The van der Waals surface area contributed by atoms with E-state index in [0.717, 1.165) is 31.8 Å². The number of carbonyl (C=O) groups excluding carboxylic acids is 1. The maximum Gasteiger partial charge on any atom is 0.246 e. The Balaban J connectivity index is 0.00000625. The van der Waals surface area contributed by atoms with E-state index in [4.69, 9.17) is 4.74 Å². The molecule has 0 spiro atoms. The van der Waals surface area contributed by atoms with Crippen molar-refractivity contribution in [1.82, 2.24) is 10.6 Å². The van der Waals surface area contributed by atoms with Gasteiger partial charge in [-0.05, 0) is 38.3 Å². The lowest BCUT2D eigenvalue weighted by Gasteiger charge is -2.21. The van der Waals surface area contributed by atoms with Gasteiger partial charge in [0.1, 0.15) is 6.54 Å². The van der Waals surface area contributed by atoms with E-state index in [2.05, 4.69) is 34.8 Å². The van der Waals surface area contributed by atoms with Crippen LogP contribution >= 0.6 is 24.0 Å². The van der Waals surface area contributed by atoms with Crippen molar-refractivity contribution >= 4 is 41.5 Å². The number of para-hydroxylation sites is 1. The van der Waals surface area contributed by atoms with E-state index in [-0.39, 0.29) is 42.5 Å². The molecule has 1 rings (SSSR count).